The van der Waals surface area contributed by atoms with E-state index in [-0.39, 0.29) is 12.2 Å². The number of benzene rings is 2. The highest BCUT2D eigenvalue weighted by molar-refractivity contribution is 9.10. The SMILES string of the molecule is O=C(NCc1cc(Br)ccc1F)Nc1ccc(Br)cc1F. The average Bonchev–Trinajstić information content (AvgIpc) is 2.43. The van der Waals surface area contributed by atoms with E-state index in [0.717, 1.165) is 0 Å². The Morgan fingerprint density at radius 2 is 1.67 bits per heavy atom. The number of anilines is 1. The van der Waals surface area contributed by atoms with Crippen LogP contribution in [0.4, 0.5) is 19.3 Å². The molecular weight excluding hydrogens is 410 g/mol. The zero-order chi connectivity index (χ0) is 15.4. The maximum absolute atomic E-state index is 13.6. The molecule has 3 nitrogen and oxygen atoms in total. The van der Waals surface area contributed by atoms with Crippen molar-refractivity contribution < 1.29 is 13.6 Å². The Bertz CT molecular complexity index is 680. The molecule has 110 valence electrons. The highest BCUT2D eigenvalue weighted by Crippen LogP contribution is 2.19. The van der Waals surface area contributed by atoms with Crippen molar-refractivity contribution in [3.8, 4) is 0 Å². The molecule has 0 heterocycles. The van der Waals surface area contributed by atoms with Gasteiger partial charge in [0.05, 0.1) is 5.69 Å². The lowest BCUT2D eigenvalue weighted by molar-refractivity contribution is 0.251. The number of hydrogen-bond donors (Lipinski definition) is 2. The smallest absolute Gasteiger partial charge is 0.319 e. The van der Waals surface area contributed by atoms with E-state index < -0.39 is 17.7 Å². The van der Waals surface area contributed by atoms with Crippen molar-refractivity contribution >= 4 is 43.6 Å². The second-order valence-electron chi connectivity index (χ2n) is 4.17. The van der Waals surface area contributed by atoms with E-state index in [2.05, 4.69) is 42.5 Å². The molecule has 0 radical (unpaired) electrons. The molecule has 0 saturated carbocycles. The molecule has 0 fully saturated rings. The van der Waals surface area contributed by atoms with Crippen LogP contribution in [-0.2, 0) is 6.54 Å². The number of amides is 2. The lowest BCUT2D eigenvalue weighted by Crippen LogP contribution is -2.28. The van der Waals surface area contributed by atoms with Gasteiger partial charge in [-0.3, -0.25) is 0 Å². The molecule has 2 aromatic carbocycles. The molecule has 0 saturated heterocycles. The summed E-state index contributed by atoms with van der Waals surface area (Å²) in [5.41, 5.74) is 0.376. The molecule has 2 amide bonds. The van der Waals surface area contributed by atoms with E-state index in [9.17, 15) is 13.6 Å². The minimum atomic E-state index is -0.615. The summed E-state index contributed by atoms with van der Waals surface area (Å²) in [7, 11) is 0. The van der Waals surface area contributed by atoms with Crippen LogP contribution < -0.4 is 10.6 Å². The van der Waals surface area contributed by atoms with Crippen LogP contribution in [-0.4, -0.2) is 6.03 Å². The first kappa shape index (κ1) is 15.9. The van der Waals surface area contributed by atoms with Gasteiger partial charge in [-0.15, -0.1) is 0 Å². The van der Waals surface area contributed by atoms with Crippen molar-refractivity contribution in [2.75, 3.05) is 5.32 Å². The van der Waals surface area contributed by atoms with Gasteiger partial charge in [0.25, 0.3) is 0 Å². The minimum Gasteiger partial charge on any atom is -0.334 e. The second kappa shape index (κ2) is 7.00. The summed E-state index contributed by atoms with van der Waals surface area (Å²) in [5, 5.41) is 4.83. The summed E-state index contributed by atoms with van der Waals surface area (Å²) in [4.78, 5) is 11.7. The number of carbonyl (C=O) groups is 1. The first-order valence-electron chi connectivity index (χ1n) is 5.89. The molecule has 0 unspecified atom stereocenters. The Kier molecular flexibility index (Phi) is 5.30. The summed E-state index contributed by atoms with van der Waals surface area (Å²) in [6.45, 7) is -0.00471. The number of rotatable bonds is 3. The van der Waals surface area contributed by atoms with E-state index >= 15 is 0 Å². The zero-order valence-corrected chi connectivity index (χ0v) is 13.8. The standard InChI is InChI=1S/C14H10Br2F2N2O/c15-9-1-3-11(17)8(5-9)7-19-14(21)20-13-4-2-10(16)6-12(13)18/h1-6H,7H2,(H2,19,20,21). The quantitative estimate of drug-likeness (QED) is 0.736. The van der Waals surface area contributed by atoms with Gasteiger partial charge < -0.3 is 10.6 Å². The Balaban J connectivity index is 1.97. The third-order valence-corrected chi connectivity index (χ3v) is 3.61. The molecule has 0 aliphatic rings. The van der Waals surface area contributed by atoms with Crippen molar-refractivity contribution in [1.29, 1.82) is 0 Å². The Morgan fingerprint density at radius 3 is 2.38 bits per heavy atom. The van der Waals surface area contributed by atoms with Crippen LogP contribution in [0.15, 0.2) is 45.3 Å². The van der Waals surface area contributed by atoms with Crippen LogP contribution in [0.1, 0.15) is 5.56 Å². The molecule has 0 aliphatic heterocycles. The third-order valence-electron chi connectivity index (χ3n) is 2.63. The normalized spacial score (nSPS) is 10.3. The molecule has 2 rings (SSSR count). The summed E-state index contributed by atoms with van der Waals surface area (Å²) in [5.74, 6) is -0.985. The molecule has 2 aromatic rings. The summed E-state index contributed by atoms with van der Waals surface area (Å²) >= 11 is 6.35. The molecule has 7 heteroatoms. The molecule has 0 aromatic heterocycles. The van der Waals surface area contributed by atoms with Gasteiger partial charge in [-0.25, -0.2) is 13.6 Å². The second-order valence-corrected chi connectivity index (χ2v) is 6.00. The number of hydrogen-bond acceptors (Lipinski definition) is 1. The Morgan fingerprint density at radius 1 is 1.00 bits per heavy atom. The largest absolute Gasteiger partial charge is 0.334 e. The summed E-state index contributed by atoms with van der Waals surface area (Å²) < 4.78 is 28.3. The van der Waals surface area contributed by atoms with Gasteiger partial charge in [0.1, 0.15) is 11.6 Å². The molecule has 0 spiro atoms. The number of carbonyl (C=O) groups excluding carboxylic acids is 1. The highest BCUT2D eigenvalue weighted by atomic mass is 79.9. The van der Waals surface area contributed by atoms with Crippen molar-refractivity contribution in [2.24, 2.45) is 0 Å². The third kappa shape index (κ3) is 4.50. The fourth-order valence-corrected chi connectivity index (χ4v) is 2.35. The maximum atomic E-state index is 13.6. The van der Waals surface area contributed by atoms with E-state index in [4.69, 9.17) is 0 Å². The van der Waals surface area contributed by atoms with Gasteiger partial charge in [-0.05, 0) is 36.4 Å². The van der Waals surface area contributed by atoms with Crippen LogP contribution >= 0.6 is 31.9 Å². The number of urea groups is 1. The van der Waals surface area contributed by atoms with Crippen molar-refractivity contribution in [3.63, 3.8) is 0 Å². The lowest BCUT2D eigenvalue weighted by atomic mass is 10.2. The minimum absolute atomic E-state index is 0.00471. The molecule has 0 aliphatic carbocycles. The van der Waals surface area contributed by atoms with Gasteiger partial charge in [0, 0.05) is 21.1 Å². The summed E-state index contributed by atoms with van der Waals surface area (Å²) in [6, 6.07) is 8.09. The molecular formula is C14H10Br2F2N2O. The van der Waals surface area contributed by atoms with E-state index in [0.29, 0.717) is 14.5 Å². The van der Waals surface area contributed by atoms with Crippen LogP contribution in [0.5, 0.6) is 0 Å². The number of nitrogens with one attached hydrogen (secondary N) is 2. The molecule has 21 heavy (non-hydrogen) atoms. The first-order chi connectivity index (χ1) is 9.95. The average molecular weight is 420 g/mol. The van der Waals surface area contributed by atoms with Gasteiger partial charge in [0.2, 0.25) is 0 Å². The molecule has 2 N–H and O–H groups in total. The van der Waals surface area contributed by atoms with Gasteiger partial charge >= 0.3 is 6.03 Å². The Labute approximate surface area is 137 Å². The summed E-state index contributed by atoms with van der Waals surface area (Å²) in [6.07, 6.45) is 0. The van der Waals surface area contributed by atoms with Crippen LogP contribution in [0.2, 0.25) is 0 Å². The van der Waals surface area contributed by atoms with E-state index in [1.165, 1.54) is 18.2 Å². The number of halogens is 4. The van der Waals surface area contributed by atoms with Crippen molar-refractivity contribution in [3.05, 3.63) is 62.5 Å². The van der Waals surface area contributed by atoms with Crippen LogP contribution in [0.3, 0.4) is 0 Å². The zero-order valence-electron chi connectivity index (χ0n) is 10.6. The van der Waals surface area contributed by atoms with Gasteiger partial charge in [0.15, 0.2) is 0 Å². The lowest BCUT2D eigenvalue weighted by Gasteiger charge is -2.09. The van der Waals surface area contributed by atoms with Gasteiger partial charge in [-0.2, -0.15) is 0 Å². The predicted molar refractivity (Wildman–Crippen MR) is 84.1 cm³/mol. The van der Waals surface area contributed by atoms with Crippen LogP contribution in [0.25, 0.3) is 0 Å². The monoisotopic (exact) mass is 418 g/mol. The highest BCUT2D eigenvalue weighted by Gasteiger charge is 2.08. The predicted octanol–water partition coefficient (Wildman–Crippen LogP) is 4.81. The first-order valence-corrected chi connectivity index (χ1v) is 7.48. The maximum Gasteiger partial charge on any atom is 0.319 e. The van der Waals surface area contributed by atoms with Crippen molar-refractivity contribution in [2.45, 2.75) is 6.54 Å². The van der Waals surface area contributed by atoms with Crippen LogP contribution in [0, 0.1) is 11.6 Å². The Hall–Kier alpha value is -1.47. The fourth-order valence-electron chi connectivity index (χ4n) is 1.61. The molecule has 0 atom stereocenters. The van der Waals surface area contributed by atoms with E-state index in [1.54, 1.807) is 18.2 Å². The topological polar surface area (TPSA) is 41.1 Å². The molecule has 0 bridgehead atoms. The van der Waals surface area contributed by atoms with Gasteiger partial charge in [-0.1, -0.05) is 31.9 Å². The fraction of sp³-hybridized carbons (Fsp3) is 0.0714. The van der Waals surface area contributed by atoms with Crippen molar-refractivity contribution in [1.82, 2.24) is 5.32 Å². The van der Waals surface area contributed by atoms with E-state index in [1.807, 2.05) is 0 Å².